The number of amides is 2. The maximum absolute atomic E-state index is 13.3. The van der Waals surface area contributed by atoms with Gasteiger partial charge in [-0.3, -0.25) is 9.59 Å². The molecule has 0 aliphatic carbocycles. The van der Waals surface area contributed by atoms with E-state index in [1.165, 1.54) is 21.0 Å². The van der Waals surface area contributed by atoms with E-state index in [-0.39, 0.29) is 34.9 Å². The molecule has 2 aliphatic heterocycles. The predicted molar refractivity (Wildman–Crippen MR) is 136 cm³/mol. The summed E-state index contributed by atoms with van der Waals surface area (Å²) >= 11 is 1.53. The average Bonchev–Trinajstić information content (AvgIpc) is 2.92. The summed E-state index contributed by atoms with van der Waals surface area (Å²) in [6.45, 7) is 6.71. The molecule has 0 unspecified atom stereocenters. The number of carbonyl (C=O) groups is 2. The van der Waals surface area contributed by atoms with Gasteiger partial charge in [-0.15, -0.1) is 11.8 Å². The lowest BCUT2D eigenvalue weighted by Crippen LogP contribution is -2.39. The number of piperidine rings is 1. The molecule has 1 fully saturated rings. The van der Waals surface area contributed by atoms with Gasteiger partial charge in [0.2, 0.25) is 21.8 Å². The van der Waals surface area contributed by atoms with Crippen molar-refractivity contribution in [3.8, 4) is 0 Å². The van der Waals surface area contributed by atoms with Crippen molar-refractivity contribution in [1.29, 1.82) is 0 Å². The lowest BCUT2D eigenvalue weighted by Gasteiger charge is -2.27. The monoisotopic (exact) mass is 501 g/mol. The summed E-state index contributed by atoms with van der Waals surface area (Å²) in [6, 6.07) is 10.6. The van der Waals surface area contributed by atoms with Gasteiger partial charge in [-0.1, -0.05) is 25.5 Å². The van der Waals surface area contributed by atoms with Crippen molar-refractivity contribution in [2.75, 3.05) is 29.9 Å². The van der Waals surface area contributed by atoms with Crippen LogP contribution in [0.2, 0.25) is 0 Å². The molecular weight excluding hydrogens is 470 g/mol. The molecule has 0 spiro atoms. The number of anilines is 2. The van der Waals surface area contributed by atoms with Gasteiger partial charge >= 0.3 is 0 Å². The fourth-order valence-corrected chi connectivity index (χ4v) is 7.00. The van der Waals surface area contributed by atoms with Crippen LogP contribution in [0.3, 0.4) is 0 Å². The molecule has 0 aromatic heterocycles. The summed E-state index contributed by atoms with van der Waals surface area (Å²) in [5.74, 6) is -0.515. The molecule has 1 atom stereocenters. The second-order valence-corrected chi connectivity index (χ2v) is 12.4. The van der Waals surface area contributed by atoms with E-state index < -0.39 is 10.0 Å². The Morgan fingerprint density at radius 3 is 2.59 bits per heavy atom. The van der Waals surface area contributed by atoms with E-state index in [1.54, 1.807) is 18.2 Å². The number of hydrogen-bond acceptors (Lipinski definition) is 5. The first-order chi connectivity index (χ1) is 16.2. The van der Waals surface area contributed by atoms with Crippen molar-refractivity contribution in [2.45, 2.75) is 61.5 Å². The topological polar surface area (TPSA) is 86.8 Å². The highest BCUT2D eigenvalue weighted by Crippen LogP contribution is 2.40. The largest absolute Gasteiger partial charge is 0.324 e. The van der Waals surface area contributed by atoms with E-state index in [4.69, 9.17) is 0 Å². The maximum Gasteiger partial charge on any atom is 0.244 e. The van der Waals surface area contributed by atoms with Crippen LogP contribution in [-0.2, 0) is 19.6 Å². The van der Waals surface area contributed by atoms with E-state index >= 15 is 0 Å². The van der Waals surface area contributed by atoms with Gasteiger partial charge in [-0.25, -0.2) is 8.42 Å². The van der Waals surface area contributed by atoms with Crippen molar-refractivity contribution in [3.63, 3.8) is 0 Å². The Hall–Kier alpha value is -2.36. The maximum atomic E-state index is 13.3. The van der Waals surface area contributed by atoms with E-state index in [0.29, 0.717) is 24.5 Å². The van der Waals surface area contributed by atoms with Gasteiger partial charge in [0.15, 0.2) is 0 Å². The number of hydrogen-bond donors (Lipinski definition) is 1. The van der Waals surface area contributed by atoms with Crippen LogP contribution in [0.25, 0.3) is 0 Å². The molecular formula is C25H31N3O4S2. The third-order valence-corrected chi connectivity index (χ3v) is 9.51. The van der Waals surface area contributed by atoms with Crippen molar-refractivity contribution in [2.24, 2.45) is 0 Å². The Morgan fingerprint density at radius 1 is 1.12 bits per heavy atom. The lowest BCUT2D eigenvalue weighted by molar-refractivity contribution is -0.121. The van der Waals surface area contributed by atoms with Gasteiger partial charge in [-0.2, -0.15) is 4.31 Å². The summed E-state index contributed by atoms with van der Waals surface area (Å²) < 4.78 is 28.1. The highest BCUT2D eigenvalue weighted by molar-refractivity contribution is 8.00. The molecule has 0 bridgehead atoms. The fraction of sp³-hybridized carbons (Fsp3) is 0.440. The SMILES string of the molecule is Cc1cccc(NC(=O)CN2C(=O)C[C@H](C)Sc3ccc(S(=O)(=O)N4CCCCC4)cc32)c1C. The number of benzene rings is 2. The Labute approximate surface area is 205 Å². The first-order valence-corrected chi connectivity index (χ1v) is 14.0. The number of sulfonamides is 1. The zero-order valence-electron chi connectivity index (χ0n) is 19.8. The zero-order chi connectivity index (χ0) is 24.5. The van der Waals surface area contributed by atoms with Crippen molar-refractivity contribution in [3.05, 3.63) is 47.5 Å². The summed E-state index contributed by atoms with van der Waals surface area (Å²) in [5, 5.41) is 2.93. The average molecular weight is 502 g/mol. The standard InChI is InChI=1S/C25H31N3O4S2/c1-17-8-7-9-21(19(17)3)26-24(29)16-28-22-15-20(34(31,32)27-12-5-4-6-13-27)10-11-23(22)33-18(2)14-25(28)30/h7-11,15,18H,4-6,12-14,16H2,1-3H3,(H,26,29)/t18-/m0/s1. The molecule has 1 N–H and O–H groups in total. The summed E-state index contributed by atoms with van der Waals surface area (Å²) in [4.78, 5) is 28.5. The molecule has 2 heterocycles. The molecule has 2 aromatic rings. The smallest absolute Gasteiger partial charge is 0.244 e. The molecule has 4 rings (SSSR count). The Balaban J connectivity index is 1.65. The van der Waals surface area contributed by atoms with Gasteiger partial charge in [0.05, 0.1) is 10.6 Å². The molecule has 9 heteroatoms. The first-order valence-electron chi connectivity index (χ1n) is 11.6. The summed E-state index contributed by atoms with van der Waals surface area (Å²) in [6.07, 6.45) is 2.99. The normalized spacial score (nSPS) is 19.4. The molecule has 1 saturated heterocycles. The molecule has 2 aromatic carbocycles. The Morgan fingerprint density at radius 2 is 1.85 bits per heavy atom. The van der Waals surface area contributed by atoms with Gasteiger partial charge in [0, 0.05) is 35.3 Å². The number of fused-ring (bicyclic) bond motifs is 1. The van der Waals surface area contributed by atoms with Gasteiger partial charge in [0.25, 0.3) is 0 Å². The highest BCUT2D eigenvalue weighted by atomic mass is 32.2. The molecule has 0 radical (unpaired) electrons. The quantitative estimate of drug-likeness (QED) is 0.659. The molecule has 7 nitrogen and oxygen atoms in total. The highest BCUT2D eigenvalue weighted by Gasteiger charge is 2.32. The van der Waals surface area contributed by atoms with Crippen LogP contribution in [-0.4, -0.2) is 49.4 Å². The molecule has 2 aliphatic rings. The number of thioether (sulfide) groups is 1. The van der Waals surface area contributed by atoms with Crippen molar-refractivity contribution < 1.29 is 18.0 Å². The number of rotatable bonds is 5. The van der Waals surface area contributed by atoms with Crippen LogP contribution in [0, 0.1) is 13.8 Å². The van der Waals surface area contributed by atoms with Crippen LogP contribution in [0.5, 0.6) is 0 Å². The Kier molecular flexibility index (Phi) is 7.35. The second-order valence-electron chi connectivity index (χ2n) is 9.00. The minimum absolute atomic E-state index is 0.0166. The fourth-order valence-electron chi connectivity index (χ4n) is 4.36. The van der Waals surface area contributed by atoms with Crippen molar-refractivity contribution >= 4 is 45.0 Å². The minimum Gasteiger partial charge on any atom is -0.324 e. The molecule has 34 heavy (non-hydrogen) atoms. The van der Waals surface area contributed by atoms with E-state index in [2.05, 4.69) is 5.32 Å². The third kappa shape index (κ3) is 5.16. The van der Waals surface area contributed by atoms with Gasteiger partial charge in [0.1, 0.15) is 6.54 Å². The van der Waals surface area contributed by atoms with Crippen LogP contribution in [0.1, 0.15) is 43.7 Å². The molecule has 2 amide bonds. The summed E-state index contributed by atoms with van der Waals surface area (Å²) in [7, 11) is -3.66. The first kappa shape index (κ1) is 24.8. The zero-order valence-corrected chi connectivity index (χ0v) is 21.5. The van der Waals surface area contributed by atoms with Crippen LogP contribution in [0.4, 0.5) is 11.4 Å². The Bertz CT molecular complexity index is 1210. The van der Waals surface area contributed by atoms with Crippen LogP contribution < -0.4 is 10.2 Å². The van der Waals surface area contributed by atoms with Crippen molar-refractivity contribution in [1.82, 2.24) is 4.31 Å². The van der Waals surface area contributed by atoms with Gasteiger partial charge in [-0.05, 0) is 62.1 Å². The molecule has 182 valence electrons. The third-order valence-electron chi connectivity index (χ3n) is 6.45. The summed E-state index contributed by atoms with van der Waals surface area (Å²) in [5.41, 5.74) is 3.22. The number of aryl methyl sites for hydroxylation is 1. The van der Waals surface area contributed by atoms with Gasteiger partial charge < -0.3 is 10.2 Å². The van der Waals surface area contributed by atoms with E-state index in [1.807, 2.05) is 39.0 Å². The number of nitrogens with one attached hydrogen (secondary N) is 1. The number of carbonyl (C=O) groups excluding carboxylic acids is 2. The van der Waals surface area contributed by atoms with Crippen LogP contribution in [0.15, 0.2) is 46.2 Å². The van der Waals surface area contributed by atoms with E-state index in [0.717, 1.165) is 35.3 Å². The van der Waals surface area contributed by atoms with Crippen LogP contribution >= 0.6 is 11.8 Å². The number of nitrogens with zero attached hydrogens (tertiary/aromatic N) is 2. The minimum atomic E-state index is -3.66. The second kappa shape index (κ2) is 10.1. The predicted octanol–water partition coefficient (Wildman–Crippen LogP) is 4.33. The lowest BCUT2D eigenvalue weighted by atomic mass is 10.1. The van der Waals surface area contributed by atoms with E-state index in [9.17, 15) is 18.0 Å². The molecule has 0 saturated carbocycles.